The first-order valence-corrected chi connectivity index (χ1v) is 14.7. The van der Waals surface area contributed by atoms with Crippen LogP contribution in [0.25, 0.3) is 27.5 Å². The molecule has 210 valence electrons. The minimum absolute atomic E-state index is 0. The van der Waals surface area contributed by atoms with Crippen LogP contribution >= 0.6 is 11.3 Å². The quantitative estimate of drug-likeness (QED) is 0.170. The second-order valence-electron chi connectivity index (χ2n) is 9.59. The molecule has 8 nitrogen and oxygen atoms in total. The number of carboxylic acids is 1. The van der Waals surface area contributed by atoms with Crippen molar-refractivity contribution in [3.63, 3.8) is 0 Å². The summed E-state index contributed by atoms with van der Waals surface area (Å²) in [6.45, 7) is 0. The molecule has 4 N–H and O–H groups in total. The average Bonchev–Trinajstić information content (AvgIpc) is 3.53. The summed E-state index contributed by atoms with van der Waals surface area (Å²) in [4.78, 5) is 16.1. The molecule has 0 radical (unpaired) electrons. The van der Waals surface area contributed by atoms with E-state index in [0.29, 0.717) is 22.0 Å². The lowest BCUT2D eigenvalue weighted by molar-refractivity contribution is 0.0691. The highest BCUT2D eigenvalue weighted by molar-refractivity contribution is 7.82. The van der Waals surface area contributed by atoms with Gasteiger partial charge in [0.1, 0.15) is 11.6 Å². The number of carbonyl (C=O) groups is 1. The van der Waals surface area contributed by atoms with Crippen molar-refractivity contribution in [1.82, 2.24) is 14.8 Å². The number of aromatic carboxylic acids is 1. The molecule has 0 saturated heterocycles. The maximum atomic E-state index is 15.2. The number of aromatic nitrogens is 3. The Morgan fingerprint density at radius 1 is 1.05 bits per heavy atom. The highest BCUT2D eigenvalue weighted by atomic mass is 32.2. The summed E-state index contributed by atoms with van der Waals surface area (Å²) in [7, 11) is -2.18. The van der Waals surface area contributed by atoms with E-state index in [2.05, 4.69) is 4.98 Å². The van der Waals surface area contributed by atoms with Gasteiger partial charge in [-0.3, -0.25) is 0 Å². The maximum absolute atomic E-state index is 15.2. The van der Waals surface area contributed by atoms with Crippen LogP contribution in [0.3, 0.4) is 0 Å². The predicted octanol–water partition coefficient (Wildman–Crippen LogP) is 5.86. The number of halogens is 2. The fraction of sp³-hybridized carbons (Fsp3) is 0.138. The van der Waals surface area contributed by atoms with E-state index in [-0.39, 0.29) is 34.2 Å². The molecule has 3 aromatic carbocycles. The van der Waals surface area contributed by atoms with Crippen molar-refractivity contribution in [2.45, 2.75) is 30.1 Å². The fourth-order valence-electron chi connectivity index (χ4n) is 4.74. The highest BCUT2D eigenvalue weighted by Crippen LogP contribution is 2.45. The van der Waals surface area contributed by atoms with Crippen LogP contribution in [-0.2, 0) is 21.6 Å². The molecule has 1 saturated carbocycles. The average molecular weight is 595 g/mol. The van der Waals surface area contributed by atoms with Crippen molar-refractivity contribution in [1.29, 1.82) is 0 Å². The Balaban J connectivity index is 0.00000337. The zero-order valence-electron chi connectivity index (χ0n) is 21.4. The number of nitrogens with zero attached hydrogens (tertiary/aromatic N) is 3. The Labute approximate surface area is 240 Å². The number of benzene rings is 3. The monoisotopic (exact) mass is 594 g/mol. The van der Waals surface area contributed by atoms with Gasteiger partial charge in [-0.2, -0.15) is 5.10 Å². The molecule has 0 bridgehead atoms. The summed E-state index contributed by atoms with van der Waals surface area (Å²) < 4.78 is 42.6. The second-order valence-corrected chi connectivity index (χ2v) is 11.6. The van der Waals surface area contributed by atoms with Crippen LogP contribution in [0.15, 0.2) is 77.0 Å². The van der Waals surface area contributed by atoms with E-state index < -0.39 is 22.8 Å². The smallest absolute Gasteiger partial charge is 0.355 e. The third-order valence-electron chi connectivity index (χ3n) is 6.82. The Morgan fingerprint density at radius 2 is 1.76 bits per heavy atom. The Hall–Kier alpha value is -4.10. The van der Waals surface area contributed by atoms with Crippen LogP contribution < -0.4 is 5.14 Å². The molecule has 0 spiro atoms. The minimum Gasteiger partial charge on any atom is -0.870 e. The van der Waals surface area contributed by atoms with Crippen molar-refractivity contribution in [3.8, 4) is 27.5 Å². The standard InChI is InChI=1S/C29H22F2N4O3S2.H2O/c30-21-6-2-4-18(12-21)17-3-1-5-20(11-17)27-23(13-19-9-10-22(40(32)38)14-24(19)31)26(16-7-8-16)34-35(27)29-33-25(15-39-29)28(36)37;/h1-6,9-12,14-16H,7-8,13H2,(H2,32,38)(H,36,37);1H2. The lowest BCUT2D eigenvalue weighted by Crippen LogP contribution is -2.04. The zero-order valence-corrected chi connectivity index (χ0v) is 23.1. The van der Waals surface area contributed by atoms with Crippen molar-refractivity contribution in [3.05, 3.63) is 106 Å². The SMILES string of the molecule is N[SH+](=O)c1ccc(Cc2c(C3CC3)nn(-c3nc(C(=O)O)cs3)c2-c2cccc(-c3cccc(F)c3)c2)c(F)c1.[OH-]. The summed E-state index contributed by atoms with van der Waals surface area (Å²) in [5.74, 6) is -1.84. The van der Waals surface area contributed by atoms with Gasteiger partial charge in [0.2, 0.25) is 5.13 Å². The first-order valence-electron chi connectivity index (χ1n) is 12.5. The third kappa shape index (κ3) is 5.72. The molecule has 41 heavy (non-hydrogen) atoms. The maximum Gasteiger partial charge on any atom is 0.355 e. The van der Waals surface area contributed by atoms with E-state index in [4.69, 9.17) is 10.2 Å². The van der Waals surface area contributed by atoms with Gasteiger partial charge in [0, 0.05) is 34.9 Å². The Kier molecular flexibility index (Phi) is 7.91. The molecule has 2 aromatic heterocycles. The van der Waals surface area contributed by atoms with Crippen LogP contribution in [0.2, 0.25) is 0 Å². The molecule has 1 fully saturated rings. The number of hydrogen-bond acceptors (Lipinski definition) is 6. The summed E-state index contributed by atoms with van der Waals surface area (Å²) in [5.41, 5.74) is 4.73. The van der Waals surface area contributed by atoms with E-state index in [9.17, 15) is 18.5 Å². The number of hydrogen-bond donors (Lipinski definition) is 2. The van der Waals surface area contributed by atoms with Crippen molar-refractivity contribution < 1.29 is 28.4 Å². The highest BCUT2D eigenvalue weighted by Gasteiger charge is 2.33. The lowest BCUT2D eigenvalue weighted by Gasteiger charge is -2.12. The van der Waals surface area contributed by atoms with Gasteiger partial charge >= 0.3 is 5.97 Å². The van der Waals surface area contributed by atoms with Gasteiger partial charge in [0.25, 0.3) is 0 Å². The van der Waals surface area contributed by atoms with Gasteiger partial charge in [-0.1, -0.05) is 40.6 Å². The molecular weight excluding hydrogens is 570 g/mol. The molecule has 0 amide bonds. The molecule has 2 heterocycles. The van der Waals surface area contributed by atoms with Crippen molar-refractivity contribution in [2.75, 3.05) is 0 Å². The molecule has 1 unspecified atom stereocenters. The van der Waals surface area contributed by atoms with Crippen LogP contribution in [0.5, 0.6) is 0 Å². The number of thiazole rings is 1. The van der Waals surface area contributed by atoms with Crippen LogP contribution in [0.4, 0.5) is 8.78 Å². The summed E-state index contributed by atoms with van der Waals surface area (Å²) in [5, 5.41) is 21.7. The van der Waals surface area contributed by atoms with Gasteiger partial charge in [-0.15, -0.1) is 16.5 Å². The van der Waals surface area contributed by atoms with Crippen molar-refractivity contribution >= 4 is 28.3 Å². The van der Waals surface area contributed by atoms with Crippen LogP contribution in [0.1, 0.15) is 46.1 Å². The number of rotatable bonds is 8. The summed E-state index contributed by atoms with van der Waals surface area (Å²) in [6, 6.07) is 18.1. The van der Waals surface area contributed by atoms with Gasteiger partial charge < -0.3 is 10.6 Å². The topological polar surface area (TPSA) is 141 Å². The molecule has 1 atom stereocenters. The predicted molar refractivity (Wildman–Crippen MR) is 152 cm³/mol. The van der Waals surface area contributed by atoms with Gasteiger partial charge in [0.05, 0.1) is 11.4 Å². The molecule has 12 heteroatoms. The lowest BCUT2D eigenvalue weighted by atomic mass is 9.95. The fourth-order valence-corrected chi connectivity index (χ4v) is 5.96. The third-order valence-corrected chi connectivity index (χ3v) is 8.43. The van der Waals surface area contributed by atoms with Gasteiger partial charge in [0.15, 0.2) is 21.6 Å². The van der Waals surface area contributed by atoms with E-state index in [1.807, 2.05) is 30.3 Å². The molecule has 0 aliphatic heterocycles. The molecule has 6 rings (SSSR count). The summed E-state index contributed by atoms with van der Waals surface area (Å²) >= 11 is 1.15. The second kappa shape index (κ2) is 11.4. The van der Waals surface area contributed by atoms with Gasteiger partial charge in [-0.05, 0) is 53.8 Å². The van der Waals surface area contributed by atoms with E-state index >= 15 is 4.39 Å². The first-order chi connectivity index (χ1) is 19.3. The molecule has 1 aliphatic carbocycles. The van der Waals surface area contributed by atoms with Gasteiger partial charge in [-0.25, -0.2) is 23.2 Å². The van der Waals surface area contributed by atoms with E-state index in [0.717, 1.165) is 46.6 Å². The molecular formula is C29H24F2N4O4S2. The van der Waals surface area contributed by atoms with Crippen molar-refractivity contribution in [2.24, 2.45) is 5.14 Å². The number of thiol groups is 1. The summed E-state index contributed by atoms with van der Waals surface area (Å²) in [6.07, 6.45) is 2.05. The largest absolute Gasteiger partial charge is 0.870 e. The van der Waals surface area contributed by atoms with E-state index in [1.54, 1.807) is 22.9 Å². The van der Waals surface area contributed by atoms with Crippen LogP contribution in [0, 0.1) is 11.6 Å². The van der Waals surface area contributed by atoms with E-state index in [1.165, 1.54) is 23.6 Å². The molecule has 5 aromatic rings. The Morgan fingerprint density at radius 3 is 2.39 bits per heavy atom. The Bertz CT molecular complexity index is 1800. The number of nitrogens with two attached hydrogens (primary N) is 1. The zero-order chi connectivity index (χ0) is 28.0. The number of carboxylic acid groups (broad SMARTS) is 1. The van der Waals surface area contributed by atoms with Crippen LogP contribution in [-0.4, -0.2) is 31.3 Å². The molecule has 1 aliphatic rings. The normalized spacial score (nSPS) is 13.5. The first kappa shape index (κ1) is 28.4. The minimum atomic E-state index is -2.18.